The Morgan fingerprint density at radius 2 is 2.25 bits per heavy atom. The molecule has 16 heavy (non-hydrogen) atoms. The van der Waals surface area contributed by atoms with E-state index in [-0.39, 0.29) is 11.9 Å². The Labute approximate surface area is 91.6 Å². The smallest absolute Gasteiger partial charge is 0.325 e. The molecule has 0 unspecified atom stereocenters. The maximum atomic E-state index is 11.6. The number of carbonyl (C=O) groups is 2. The summed E-state index contributed by atoms with van der Waals surface area (Å²) in [6.45, 7) is 1.16. The molecule has 3 amide bonds. The fraction of sp³-hybridized carbons (Fsp3) is 0.300. The van der Waals surface area contributed by atoms with Gasteiger partial charge < -0.3 is 4.57 Å². The van der Waals surface area contributed by atoms with Gasteiger partial charge in [0.15, 0.2) is 0 Å². The summed E-state index contributed by atoms with van der Waals surface area (Å²) in [6, 6.07) is -0.350. The second kappa shape index (κ2) is 3.19. The number of urea groups is 1. The minimum atomic E-state index is -0.350. The molecule has 0 spiro atoms. The van der Waals surface area contributed by atoms with Crippen LogP contribution in [0.1, 0.15) is 12.1 Å². The number of imide groups is 1. The van der Waals surface area contributed by atoms with E-state index in [4.69, 9.17) is 0 Å². The zero-order valence-electron chi connectivity index (χ0n) is 8.51. The summed E-state index contributed by atoms with van der Waals surface area (Å²) in [7, 11) is 0. The van der Waals surface area contributed by atoms with Crippen molar-refractivity contribution in [3.63, 3.8) is 0 Å². The maximum Gasteiger partial charge on any atom is 0.328 e. The molecule has 0 radical (unpaired) electrons. The van der Waals surface area contributed by atoms with Crippen molar-refractivity contribution in [2.75, 3.05) is 6.54 Å². The van der Waals surface area contributed by atoms with Crippen LogP contribution in [0.25, 0.3) is 5.70 Å². The average molecular weight is 218 g/mol. The van der Waals surface area contributed by atoms with Gasteiger partial charge in [-0.1, -0.05) is 0 Å². The lowest BCUT2D eigenvalue weighted by molar-refractivity contribution is -0.121. The minimum Gasteiger partial charge on any atom is -0.325 e. The molecule has 1 aromatic rings. The van der Waals surface area contributed by atoms with Gasteiger partial charge >= 0.3 is 6.03 Å². The Morgan fingerprint density at radius 1 is 1.38 bits per heavy atom. The summed E-state index contributed by atoms with van der Waals surface area (Å²) < 4.78 is 1.96. The largest absolute Gasteiger partial charge is 0.328 e. The first-order valence-corrected chi connectivity index (χ1v) is 5.08. The van der Waals surface area contributed by atoms with Gasteiger partial charge in [0.05, 0.1) is 23.9 Å². The van der Waals surface area contributed by atoms with Gasteiger partial charge in [0.25, 0.3) is 0 Å². The molecule has 0 aliphatic carbocycles. The highest BCUT2D eigenvalue weighted by molar-refractivity contribution is 6.00. The molecule has 3 heterocycles. The van der Waals surface area contributed by atoms with E-state index in [0.29, 0.717) is 13.0 Å². The molecule has 1 fully saturated rings. The van der Waals surface area contributed by atoms with Crippen LogP contribution in [0.3, 0.4) is 0 Å². The molecule has 82 valence electrons. The number of aromatic nitrogens is 2. The number of hydrogen-bond donors (Lipinski definition) is 1. The molecular weight excluding hydrogens is 208 g/mol. The summed E-state index contributed by atoms with van der Waals surface area (Å²) >= 11 is 0. The van der Waals surface area contributed by atoms with Crippen molar-refractivity contribution in [2.24, 2.45) is 0 Å². The Morgan fingerprint density at radius 3 is 3.06 bits per heavy atom. The number of nitrogens with zero attached hydrogens (tertiary/aromatic N) is 3. The second-order valence-electron chi connectivity index (χ2n) is 3.78. The van der Waals surface area contributed by atoms with Crippen molar-refractivity contribution in [3.05, 3.63) is 24.3 Å². The van der Waals surface area contributed by atoms with Crippen LogP contribution in [-0.2, 0) is 11.3 Å². The van der Waals surface area contributed by atoms with Crippen LogP contribution in [0.4, 0.5) is 4.79 Å². The van der Waals surface area contributed by atoms with Gasteiger partial charge in [-0.25, -0.2) is 9.78 Å². The van der Waals surface area contributed by atoms with Gasteiger partial charge in [0, 0.05) is 19.5 Å². The molecular formula is C10H10N4O2. The van der Waals surface area contributed by atoms with E-state index in [0.717, 1.165) is 17.9 Å². The van der Waals surface area contributed by atoms with Gasteiger partial charge in [-0.05, 0) is 6.08 Å². The van der Waals surface area contributed by atoms with E-state index < -0.39 is 0 Å². The number of allylic oxidation sites excluding steroid dienone is 1. The molecule has 6 heteroatoms. The topological polar surface area (TPSA) is 67.2 Å². The molecule has 0 bridgehead atoms. The predicted octanol–water partition coefficient (Wildman–Crippen LogP) is 0.180. The van der Waals surface area contributed by atoms with Crippen LogP contribution in [0.2, 0.25) is 0 Å². The fourth-order valence-electron chi connectivity index (χ4n) is 2.01. The van der Waals surface area contributed by atoms with E-state index in [1.54, 1.807) is 17.4 Å². The quantitative estimate of drug-likeness (QED) is 0.731. The van der Waals surface area contributed by atoms with Crippen molar-refractivity contribution in [2.45, 2.75) is 13.0 Å². The first kappa shape index (κ1) is 9.14. The van der Waals surface area contributed by atoms with Gasteiger partial charge in [0.1, 0.15) is 0 Å². The summed E-state index contributed by atoms with van der Waals surface area (Å²) in [5, 5.41) is 2.31. The molecule has 1 saturated heterocycles. The lowest BCUT2D eigenvalue weighted by Crippen LogP contribution is -2.48. The molecule has 3 rings (SSSR count). The van der Waals surface area contributed by atoms with Crippen molar-refractivity contribution < 1.29 is 9.59 Å². The van der Waals surface area contributed by atoms with Crippen LogP contribution in [0.5, 0.6) is 0 Å². The first-order valence-electron chi connectivity index (χ1n) is 5.08. The summed E-state index contributed by atoms with van der Waals surface area (Å²) in [5.74, 6) is -0.214. The molecule has 0 saturated carbocycles. The molecule has 0 aromatic carbocycles. The lowest BCUT2D eigenvalue weighted by atomic mass is 10.2. The number of carbonyl (C=O) groups excluding carboxylic acids is 2. The van der Waals surface area contributed by atoms with Crippen molar-refractivity contribution in [1.82, 2.24) is 19.8 Å². The van der Waals surface area contributed by atoms with E-state index >= 15 is 0 Å². The summed E-state index contributed by atoms with van der Waals surface area (Å²) in [6.07, 6.45) is 5.76. The molecule has 0 atom stereocenters. The average Bonchev–Trinajstić information content (AvgIpc) is 2.80. The van der Waals surface area contributed by atoms with Crippen molar-refractivity contribution >= 4 is 17.6 Å². The summed E-state index contributed by atoms with van der Waals surface area (Å²) in [4.78, 5) is 28.3. The maximum absolute atomic E-state index is 11.6. The number of rotatable bonds is 1. The van der Waals surface area contributed by atoms with Crippen LogP contribution in [0, 0.1) is 0 Å². The molecule has 2 aliphatic rings. The van der Waals surface area contributed by atoms with Gasteiger partial charge in [0.2, 0.25) is 5.91 Å². The monoisotopic (exact) mass is 218 g/mol. The number of hydrogen-bond acceptors (Lipinski definition) is 3. The standard InChI is InChI=1S/C10H10N4O2/c15-9-2-4-14(10(16)12-9)7-1-3-13-6-11-5-8(7)13/h1,5-6H,2-4H2,(H,12,15,16). The highest BCUT2D eigenvalue weighted by Crippen LogP contribution is 2.25. The summed E-state index contributed by atoms with van der Waals surface area (Å²) in [5.41, 5.74) is 1.76. The van der Waals surface area contributed by atoms with E-state index in [1.165, 1.54) is 0 Å². The molecule has 1 aromatic heterocycles. The third kappa shape index (κ3) is 1.23. The molecule has 6 nitrogen and oxygen atoms in total. The fourth-order valence-corrected chi connectivity index (χ4v) is 2.01. The second-order valence-corrected chi connectivity index (χ2v) is 3.78. The van der Waals surface area contributed by atoms with E-state index in [2.05, 4.69) is 10.3 Å². The predicted molar refractivity (Wildman–Crippen MR) is 55.1 cm³/mol. The van der Waals surface area contributed by atoms with Gasteiger partial charge in [-0.2, -0.15) is 0 Å². The van der Waals surface area contributed by atoms with Gasteiger partial charge in [-0.3, -0.25) is 15.0 Å². The van der Waals surface area contributed by atoms with E-state index in [1.807, 2.05) is 10.6 Å². The number of amides is 3. The van der Waals surface area contributed by atoms with Gasteiger partial charge in [-0.15, -0.1) is 0 Å². The Hall–Kier alpha value is -2.11. The Balaban J connectivity index is 1.90. The SMILES string of the molecule is O=C1CCN(C2=CCn3cncc32)C(=O)N1. The normalized spacial score (nSPS) is 19.5. The highest BCUT2D eigenvalue weighted by atomic mass is 16.2. The van der Waals surface area contributed by atoms with Crippen molar-refractivity contribution in [1.29, 1.82) is 0 Å². The number of fused-ring (bicyclic) bond motifs is 1. The third-order valence-corrected chi connectivity index (χ3v) is 2.80. The Bertz CT molecular complexity index is 503. The highest BCUT2D eigenvalue weighted by Gasteiger charge is 2.29. The third-order valence-electron chi connectivity index (χ3n) is 2.80. The van der Waals surface area contributed by atoms with E-state index in [9.17, 15) is 9.59 Å². The lowest BCUT2D eigenvalue weighted by Gasteiger charge is -2.27. The Kier molecular flexibility index (Phi) is 1.82. The zero-order chi connectivity index (χ0) is 11.1. The number of imidazole rings is 1. The number of nitrogens with one attached hydrogen (secondary N) is 1. The van der Waals surface area contributed by atoms with Crippen LogP contribution in [-0.4, -0.2) is 32.9 Å². The molecule has 2 aliphatic heterocycles. The molecule has 1 N–H and O–H groups in total. The van der Waals surface area contributed by atoms with Crippen LogP contribution < -0.4 is 5.32 Å². The first-order chi connectivity index (χ1) is 7.75. The zero-order valence-corrected chi connectivity index (χ0v) is 8.51. The van der Waals surface area contributed by atoms with Crippen LogP contribution >= 0.6 is 0 Å². The van der Waals surface area contributed by atoms with Crippen LogP contribution in [0.15, 0.2) is 18.6 Å². The van der Waals surface area contributed by atoms with Crippen molar-refractivity contribution in [3.8, 4) is 0 Å². The minimum absolute atomic E-state index is 0.214.